The third-order valence-corrected chi connectivity index (χ3v) is 4.96. The first-order valence-electron chi connectivity index (χ1n) is 8.24. The maximum Gasteiger partial charge on any atom is 0.317 e. The minimum absolute atomic E-state index is 0.0415. The average Bonchev–Trinajstić information content (AvgIpc) is 2.44. The summed E-state index contributed by atoms with van der Waals surface area (Å²) in [6.07, 6.45) is 5.51. The number of carbonyl (C=O) groups excluding carboxylic acids is 1. The van der Waals surface area contributed by atoms with Gasteiger partial charge >= 0.3 is 6.03 Å². The maximum atomic E-state index is 12.5. The number of hydrogen-bond acceptors (Lipinski definition) is 3. The molecule has 1 heterocycles. The van der Waals surface area contributed by atoms with Crippen molar-refractivity contribution in [1.29, 1.82) is 0 Å². The summed E-state index contributed by atoms with van der Waals surface area (Å²) in [5, 5.41) is 3.09. The molecule has 1 aliphatic heterocycles. The van der Waals surface area contributed by atoms with Gasteiger partial charge < -0.3 is 19.7 Å². The van der Waals surface area contributed by atoms with Gasteiger partial charge in [-0.3, -0.25) is 0 Å². The van der Waals surface area contributed by atoms with Crippen LogP contribution in [-0.4, -0.2) is 56.0 Å². The summed E-state index contributed by atoms with van der Waals surface area (Å²) >= 11 is 0. The summed E-state index contributed by atoms with van der Waals surface area (Å²) in [6, 6.07) is 0.276. The van der Waals surface area contributed by atoms with E-state index in [-0.39, 0.29) is 17.7 Å². The summed E-state index contributed by atoms with van der Waals surface area (Å²) in [5.74, 6) is 0.692. The van der Waals surface area contributed by atoms with Crippen molar-refractivity contribution in [1.82, 2.24) is 10.2 Å². The normalized spacial score (nSPS) is 21.9. The lowest BCUT2D eigenvalue weighted by molar-refractivity contribution is -0.0865. The Balaban J connectivity index is 1.85. The van der Waals surface area contributed by atoms with Crippen LogP contribution in [0.3, 0.4) is 0 Å². The smallest absolute Gasteiger partial charge is 0.317 e. The molecule has 0 aromatic heterocycles. The lowest BCUT2D eigenvalue weighted by Crippen LogP contribution is -2.53. The van der Waals surface area contributed by atoms with Gasteiger partial charge in [0.25, 0.3) is 0 Å². The van der Waals surface area contributed by atoms with Crippen molar-refractivity contribution in [2.24, 2.45) is 5.92 Å². The lowest BCUT2D eigenvalue weighted by Gasteiger charge is -2.38. The van der Waals surface area contributed by atoms with Crippen LogP contribution in [-0.2, 0) is 9.47 Å². The zero-order chi connectivity index (χ0) is 15.3. The van der Waals surface area contributed by atoms with Gasteiger partial charge in [-0.25, -0.2) is 4.79 Å². The molecular weight excluding hydrogens is 268 g/mol. The molecule has 1 aliphatic carbocycles. The van der Waals surface area contributed by atoms with Gasteiger partial charge in [0.2, 0.25) is 0 Å². The molecule has 2 fully saturated rings. The summed E-state index contributed by atoms with van der Waals surface area (Å²) in [4.78, 5) is 14.5. The quantitative estimate of drug-likeness (QED) is 0.819. The molecule has 122 valence electrons. The number of carbonyl (C=O) groups is 1. The van der Waals surface area contributed by atoms with Gasteiger partial charge in [-0.2, -0.15) is 0 Å². The van der Waals surface area contributed by atoms with E-state index in [1.807, 2.05) is 4.90 Å². The number of nitrogens with zero attached hydrogens (tertiary/aromatic N) is 1. The molecule has 2 aliphatic rings. The van der Waals surface area contributed by atoms with E-state index in [1.54, 1.807) is 7.11 Å². The van der Waals surface area contributed by atoms with Crippen LogP contribution >= 0.6 is 0 Å². The van der Waals surface area contributed by atoms with Crippen molar-refractivity contribution in [3.05, 3.63) is 0 Å². The van der Waals surface area contributed by atoms with E-state index >= 15 is 0 Å². The van der Waals surface area contributed by atoms with E-state index in [9.17, 15) is 4.79 Å². The van der Waals surface area contributed by atoms with Crippen LogP contribution in [0.2, 0.25) is 0 Å². The van der Waals surface area contributed by atoms with Crippen molar-refractivity contribution in [2.45, 2.75) is 57.6 Å². The Morgan fingerprint density at radius 2 is 2.05 bits per heavy atom. The molecule has 0 atom stereocenters. The summed E-state index contributed by atoms with van der Waals surface area (Å²) < 4.78 is 11.1. The number of ether oxygens (including phenoxy) is 2. The van der Waals surface area contributed by atoms with E-state index in [0.717, 1.165) is 19.4 Å². The molecule has 2 amide bonds. The van der Waals surface area contributed by atoms with Gasteiger partial charge in [0, 0.05) is 52.3 Å². The van der Waals surface area contributed by atoms with E-state index in [4.69, 9.17) is 9.47 Å². The zero-order valence-electron chi connectivity index (χ0n) is 13.7. The third kappa shape index (κ3) is 4.33. The molecule has 1 saturated carbocycles. The number of methoxy groups -OCH3 is 1. The van der Waals surface area contributed by atoms with Crippen molar-refractivity contribution in [3.8, 4) is 0 Å². The van der Waals surface area contributed by atoms with E-state index in [0.29, 0.717) is 25.7 Å². The van der Waals surface area contributed by atoms with Crippen molar-refractivity contribution < 1.29 is 14.3 Å². The number of hydrogen-bond donors (Lipinski definition) is 1. The van der Waals surface area contributed by atoms with Gasteiger partial charge in [0.05, 0.1) is 5.60 Å². The van der Waals surface area contributed by atoms with Gasteiger partial charge in [-0.05, 0) is 32.6 Å². The van der Waals surface area contributed by atoms with Crippen molar-refractivity contribution in [2.75, 3.05) is 33.4 Å². The van der Waals surface area contributed by atoms with Gasteiger partial charge in [-0.15, -0.1) is 0 Å². The molecule has 0 radical (unpaired) electrons. The second kappa shape index (κ2) is 7.45. The molecule has 0 unspecified atom stereocenters. The van der Waals surface area contributed by atoms with Gasteiger partial charge in [-0.1, -0.05) is 6.42 Å². The van der Waals surface area contributed by atoms with Gasteiger partial charge in [0.1, 0.15) is 0 Å². The van der Waals surface area contributed by atoms with Crippen LogP contribution in [0.15, 0.2) is 0 Å². The Bertz CT molecular complexity index is 336. The van der Waals surface area contributed by atoms with Crippen molar-refractivity contribution >= 4 is 6.03 Å². The molecule has 21 heavy (non-hydrogen) atoms. The largest absolute Gasteiger partial charge is 0.381 e. The van der Waals surface area contributed by atoms with E-state index in [1.165, 1.54) is 19.3 Å². The SMILES string of the molecule is COC1(CNC(=O)N(CC2CCC2)C(C)C)CCOCC1. The Labute approximate surface area is 128 Å². The first-order chi connectivity index (χ1) is 10.1. The predicted molar refractivity (Wildman–Crippen MR) is 82.4 cm³/mol. The topological polar surface area (TPSA) is 50.8 Å². The average molecular weight is 298 g/mol. The van der Waals surface area contributed by atoms with Crippen LogP contribution in [0.1, 0.15) is 46.0 Å². The van der Waals surface area contributed by atoms with E-state index < -0.39 is 0 Å². The Morgan fingerprint density at radius 3 is 2.52 bits per heavy atom. The Hall–Kier alpha value is -0.810. The second-order valence-corrected chi connectivity index (χ2v) is 6.70. The minimum Gasteiger partial charge on any atom is -0.381 e. The molecule has 0 aromatic rings. The molecular formula is C16H30N2O3. The molecule has 0 spiro atoms. The molecule has 5 heteroatoms. The van der Waals surface area contributed by atoms with Crippen LogP contribution in [0.4, 0.5) is 4.79 Å². The number of amides is 2. The summed E-state index contributed by atoms with van der Waals surface area (Å²) in [7, 11) is 1.73. The highest BCUT2D eigenvalue weighted by Gasteiger charge is 2.34. The fourth-order valence-electron chi connectivity index (χ4n) is 3.02. The number of rotatable bonds is 6. The third-order valence-electron chi connectivity index (χ3n) is 4.96. The standard InChI is InChI=1S/C16H30N2O3/c1-13(2)18(11-14-5-4-6-14)15(19)17-12-16(20-3)7-9-21-10-8-16/h13-14H,4-12H2,1-3H3,(H,17,19). The van der Waals surface area contributed by atoms with Crippen LogP contribution in [0.5, 0.6) is 0 Å². The highest BCUT2D eigenvalue weighted by Crippen LogP contribution is 2.28. The fourth-order valence-corrected chi connectivity index (χ4v) is 3.02. The van der Waals surface area contributed by atoms with Crippen LogP contribution in [0, 0.1) is 5.92 Å². The first kappa shape index (κ1) is 16.6. The second-order valence-electron chi connectivity index (χ2n) is 6.70. The number of nitrogens with one attached hydrogen (secondary N) is 1. The monoisotopic (exact) mass is 298 g/mol. The minimum atomic E-state index is -0.257. The highest BCUT2D eigenvalue weighted by atomic mass is 16.5. The van der Waals surface area contributed by atoms with Crippen molar-refractivity contribution in [3.63, 3.8) is 0 Å². The van der Waals surface area contributed by atoms with Gasteiger partial charge in [0.15, 0.2) is 0 Å². The molecule has 1 saturated heterocycles. The van der Waals surface area contributed by atoms with Crippen LogP contribution in [0.25, 0.3) is 0 Å². The predicted octanol–water partition coefficient (Wildman–Crippen LogP) is 2.40. The molecule has 1 N–H and O–H groups in total. The van der Waals surface area contributed by atoms with Crippen LogP contribution < -0.4 is 5.32 Å². The molecule has 0 aromatic carbocycles. The fraction of sp³-hybridized carbons (Fsp3) is 0.938. The summed E-state index contributed by atoms with van der Waals surface area (Å²) in [6.45, 7) is 7.03. The Morgan fingerprint density at radius 1 is 1.38 bits per heavy atom. The highest BCUT2D eigenvalue weighted by molar-refractivity contribution is 5.74. The maximum absolute atomic E-state index is 12.5. The molecule has 2 rings (SSSR count). The lowest BCUT2D eigenvalue weighted by atomic mass is 9.85. The molecule has 5 nitrogen and oxygen atoms in total. The Kier molecular flexibility index (Phi) is 5.88. The molecule has 0 bridgehead atoms. The summed E-state index contributed by atoms with van der Waals surface area (Å²) in [5.41, 5.74) is -0.257. The number of urea groups is 1. The van der Waals surface area contributed by atoms with E-state index in [2.05, 4.69) is 19.2 Å². The first-order valence-corrected chi connectivity index (χ1v) is 8.24. The zero-order valence-corrected chi connectivity index (χ0v) is 13.7.